The van der Waals surface area contributed by atoms with Crippen LogP contribution in [0.5, 0.6) is 0 Å². The SMILES string of the molecule is C.CC(C)(C)OC(=O)NC1CCS(=O)(=O)C/C1=N\O.CC(C)(C)OC(=O)NC1CCS(=O)(=O)CC1=O.CC(C)(C)OC(=O)N[C@H]1CCS(=O)(=O)C[C@@H]1N.CC(C)(C)OC(=O)N[C@H]1CCS(=O)(=O)C[C@H]1N.COC(=O)[C@@H](N)CCSC.COC(=O)[C@H](CCS(C)(=O)=O)NC(=O)OC(C)(C)C.COC(=O)[C@H](CCSC)NC(=O)OC(C)(C)C.CSCC[C@H](N)C(=O)O.ClCCl.[2H]CC. The van der Waals surface area contributed by atoms with Gasteiger partial charge >= 0.3 is 60.4 Å². The van der Waals surface area contributed by atoms with Gasteiger partial charge in [-0.2, -0.15) is 35.3 Å². The Morgan fingerprint density at radius 1 is 0.485 bits per heavy atom. The van der Waals surface area contributed by atoms with Gasteiger partial charge in [-0.3, -0.25) is 14.4 Å². The predicted molar refractivity (Wildman–Crippen MR) is 510 cm³/mol. The van der Waals surface area contributed by atoms with Crippen LogP contribution >= 0.6 is 58.5 Å². The average Bonchev–Trinajstić information content (AvgIpc) is 0.844. The summed E-state index contributed by atoms with van der Waals surface area (Å²) in [4.78, 5) is 124. The Hall–Kier alpha value is -6.14. The third-order valence-electron chi connectivity index (χ3n) is 15.1. The number of nitrogens with zero attached hydrogens (tertiary/aromatic N) is 1. The number of ether oxygens (including phenoxy) is 9. The van der Waals surface area contributed by atoms with Gasteiger partial charge in [-0.05, 0) is 212 Å². The molecule has 0 aromatic rings. The number of ketones is 1. The summed E-state index contributed by atoms with van der Waals surface area (Å²) in [6.07, 6.45) is 5.67. The molecule has 4 aliphatic rings. The lowest BCUT2D eigenvalue weighted by molar-refractivity contribution is -0.143. The number of carboxylic acid groups (broad SMARTS) is 1. The van der Waals surface area contributed by atoms with Gasteiger partial charge in [0.2, 0.25) is 0 Å². The highest BCUT2D eigenvalue weighted by molar-refractivity contribution is 7.99. The number of carbonyl (C=O) groups excluding carboxylic acids is 10. The molecule has 0 saturated carbocycles. The summed E-state index contributed by atoms with van der Waals surface area (Å²) in [5.41, 5.74) is 18.4. The van der Waals surface area contributed by atoms with Gasteiger partial charge in [-0.1, -0.05) is 26.4 Å². The molecule has 10 atom stereocenters. The first-order chi connectivity index (χ1) is 58.9. The Kier molecular flexibility index (Phi) is 68.7. The number of carbonyl (C=O) groups is 11. The van der Waals surface area contributed by atoms with Gasteiger partial charge in [0, 0.05) is 31.8 Å². The highest BCUT2D eigenvalue weighted by Gasteiger charge is 2.38. The minimum Gasteiger partial charge on any atom is -0.480 e. The van der Waals surface area contributed by atoms with Crippen molar-refractivity contribution in [3.05, 3.63) is 0 Å². The number of amides is 6. The predicted octanol–water partition coefficient (Wildman–Crippen LogP) is 6.61. The van der Waals surface area contributed by atoms with Crippen LogP contribution in [0.25, 0.3) is 0 Å². The number of hydrogen-bond acceptors (Lipinski definition) is 39. The van der Waals surface area contributed by atoms with Gasteiger partial charge in [0.05, 0.1) is 90.5 Å². The van der Waals surface area contributed by atoms with E-state index >= 15 is 0 Å². The maximum absolute atomic E-state index is 11.5. The molecule has 16 N–H and O–H groups in total. The number of nitrogens with two attached hydrogens (primary N) is 4. The monoisotopic (exact) mass is 2070 g/mol. The van der Waals surface area contributed by atoms with E-state index in [0.29, 0.717) is 39.0 Å². The molecule has 0 aliphatic carbocycles. The Morgan fingerprint density at radius 3 is 1.05 bits per heavy atom. The summed E-state index contributed by atoms with van der Waals surface area (Å²) in [6, 6.07) is -6.00. The van der Waals surface area contributed by atoms with Crippen molar-refractivity contribution in [1.82, 2.24) is 31.9 Å². The van der Waals surface area contributed by atoms with Gasteiger partial charge in [0.15, 0.2) is 45.1 Å². The third-order valence-corrected chi connectivity index (χ3v) is 24.7. The van der Waals surface area contributed by atoms with Gasteiger partial charge < -0.3 is 108 Å². The van der Waals surface area contributed by atoms with Crippen LogP contribution < -0.4 is 54.8 Å². The normalized spacial score (nSPS) is 20.0. The van der Waals surface area contributed by atoms with Crippen LogP contribution in [0.1, 0.15) is 199 Å². The zero-order valence-corrected chi connectivity index (χ0v) is 87.3. The fourth-order valence-corrected chi connectivity index (χ4v) is 17.6. The topological polar surface area (TPSA) is 671 Å². The van der Waals surface area contributed by atoms with Gasteiger partial charge in [0.25, 0.3) is 0 Å². The van der Waals surface area contributed by atoms with Crippen LogP contribution in [-0.4, -0.2) is 339 Å². The highest BCUT2D eigenvalue weighted by atomic mass is 35.5. The summed E-state index contributed by atoms with van der Waals surface area (Å²) in [6.45, 7) is 33.5. The second-order valence-corrected chi connectivity index (χ2v) is 49.1. The maximum atomic E-state index is 11.5. The second kappa shape index (κ2) is 66.3. The number of aliphatic carboxylic acids is 1. The number of esters is 3. The second-order valence-electron chi connectivity index (χ2n) is 34.2. The van der Waals surface area contributed by atoms with Gasteiger partial charge in [-0.15, -0.1) is 23.2 Å². The summed E-state index contributed by atoms with van der Waals surface area (Å²) in [7, 11) is -12.0. The number of halogens is 2. The summed E-state index contributed by atoms with van der Waals surface area (Å²) >= 11 is 14.4. The number of alkyl halides is 2. The molecule has 4 rings (SSSR count). The van der Waals surface area contributed by atoms with E-state index in [2.05, 4.69) is 51.3 Å². The summed E-state index contributed by atoms with van der Waals surface area (Å²) in [5, 5.41) is 35.1. The number of methoxy groups -OCH3 is 3. The quantitative estimate of drug-likeness (QED) is 0.0178. The molecule has 4 aliphatic heterocycles. The van der Waals surface area contributed by atoms with Crippen molar-refractivity contribution < 1.29 is 149 Å². The first-order valence-electron chi connectivity index (χ1n) is 40.6. The molecule has 4 heterocycles. The first-order valence-corrected chi connectivity index (χ1v) is 54.5. The van der Waals surface area contributed by atoms with E-state index in [9.17, 15) is 94.8 Å². The van der Waals surface area contributed by atoms with E-state index in [-0.39, 0.29) is 102 Å². The number of carboxylic acids is 1. The van der Waals surface area contributed by atoms with Crippen LogP contribution in [-0.2, 0) is 116 Å². The molecule has 0 spiro atoms. The average molecular weight is 2070 g/mol. The fraction of sp³-hybridized carbons (Fsp3) is 0.844. The van der Waals surface area contributed by atoms with Crippen molar-refractivity contribution >= 4 is 180 Å². The van der Waals surface area contributed by atoms with E-state index in [4.69, 9.17) is 86.2 Å². The van der Waals surface area contributed by atoms with Crippen molar-refractivity contribution in [2.45, 2.75) is 291 Å². The first kappa shape index (κ1) is 135. The third kappa shape index (κ3) is 79.3. The van der Waals surface area contributed by atoms with Crippen LogP contribution in [0.4, 0.5) is 28.8 Å². The largest absolute Gasteiger partial charge is 0.480 e. The molecule has 4 saturated heterocycles. The summed E-state index contributed by atoms with van der Waals surface area (Å²) < 4.78 is 162. The standard InChI is InChI=1S/C11H21NO6S.C11H21NO4S.C10H18N2O5S.2C10H20N2O4S.C10H17NO5S.C6H13NO2S.C5H11NO2S.C2H6.CH2Cl2.CH4/c1-11(2,3)18-10(14)12-8(9(13)17-4)6-7-19(5,15)16;1-11(2,3)16-10(14)12-8(6-7-17-5)9(13)15-4;1-10(2,3)17-9(13)11-7-4-5-18(15,16)6-8(7)12-14;2*1-10(2,3)16-9(13)12-8-4-5-17(14,15)6-7(8)11;1-10(2,3)16-9(13)11-7-4-5-17(14,15)6-8(7)12;1-9-6(8)5(7)3-4-10-2;1-9-3-2-4(6)5(7)8;1-2;2-1-3;/h8H,6-7H2,1-5H3,(H,12,14);8H,6-7H2,1-5H3,(H,12,14);7,14H,4-6H2,1-3H3,(H,11,13);2*7-8H,4-6,11H2,1-3H3,(H,12,13);7H,4-6H2,1-3H3,(H,11,13);5H,3-4,7H2,1-2H3;4H,2-3,6H2,1H3,(H,7,8);1-2H3;1H2;1H4/b;;12-8+;;;;;;;;/t2*8-;;7-,8+;7-,8-;;5-;4-;;;/m00.10.00.../s1/i;;;;;;;;1D;;. The lowest BCUT2D eigenvalue weighted by Crippen LogP contribution is -2.55. The molecular weight excluding hydrogens is 1920 g/mol. The Morgan fingerprint density at radius 2 is 0.762 bits per heavy atom. The molecule has 130 heavy (non-hydrogen) atoms. The van der Waals surface area contributed by atoms with Crippen LogP contribution in [0.2, 0.25) is 0 Å². The molecule has 2 unspecified atom stereocenters. The minimum absolute atomic E-state index is 0. The van der Waals surface area contributed by atoms with Gasteiger partial charge in [-0.25, -0.2) is 80.4 Å². The zero-order valence-electron chi connectivity index (χ0n) is 80.3. The maximum Gasteiger partial charge on any atom is 0.408 e. The Bertz CT molecular complexity index is 3980. The van der Waals surface area contributed by atoms with Crippen molar-refractivity contribution in [2.24, 2.45) is 28.1 Å². The number of thioether (sulfide) groups is 3. The molecule has 0 bridgehead atoms. The van der Waals surface area contributed by atoms with E-state index in [1.807, 2.05) is 18.8 Å². The highest BCUT2D eigenvalue weighted by Crippen LogP contribution is 2.19. The number of Topliss-reactive ketones (excluding diaryl/α,β-unsaturated/α-hetero) is 1. The summed E-state index contributed by atoms with van der Waals surface area (Å²) in [5.74, 6) is -1.70. The fourth-order valence-electron chi connectivity index (χ4n) is 9.45. The van der Waals surface area contributed by atoms with Crippen LogP contribution in [0, 0.1) is 0 Å². The minimum atomic E-state index is -3.28. The lowest BCUT2D eigenvalue weighted by atomic mass is 10.1. The van der Waals surface area contributed by atoms with Crippen molar-refractivity contribution in [3.8, 4) is 0 Å². The molecule has 0 aromatic heterocycles. The van der Waals surface area contributed by atoms with E-state index in [1.54, 1.807) is 167 Å². The molecule has 53 heteroatoms. The van der Waals surface area contributed by atoms with E-state index in [1.165, 1.54) is 14.2 Å². The van der Waals surface area contributed by atoms with Crippen LogP contribution in [0.3, 0.4) is 0 Å². The van der Waals surface area contributed by atoms with Crippen molar-refractivity contribution in [1.29, 1.82) is 0 Å². The number of alkyl carbamates (subject to hydrolysis) is 6. The number of oxime groups is 1. The van der Waals surface area contributed by atoms with E-state index in [0.717, 1.165) is 30.6 Å². The zero-order chi connectivity index (χ0) is 103. The lowest BCUT2D eigenvalue weighted by Gasteiger charge is -2.30. The van der Waals surface area contributed by atoms with Crippen molar-refractivity contribution in [3.63, 3.8) is 0 Å². The molecule has 43 nitrogen and oxygen atoms in total. The Labute approximate surface area is 795 Å². The smallest absolute Gasteiger partial charge is 0.408 e. The molecular formula is C77H153Cl2N11O32S8. The molecule has 770 valence electrons. The number of sulfone groups is 5. The number of rotatable bonds is 22. The van der Waals surface area contributed by atoms with Crippen molar-refractivity contribution in [2.75, 3.05) is 121 Å². The molecule has 0 radical (unpaired) electrons. The number of hydrogen-bond donors (Lipinski definition) is 12. The molecule has 6 amide bonds. The van der Waals surface area contributed by atoms with Crippen LogP contribution in [0.15, 0.2) is 5.16 Å². The Balaban J connectivity index is -0.000000268. The molecule has 4 fully saturated rings. The van der Waals surface area contributed by atoms with E-state index < -0.39 is 197 Å². The molecule has 0 aromatic carbocycles. The number of nitrogens with one attached hydrogen (secondary N) is 6. The van der Waals surface area contributed by atoms with Gasteiger partial charge in [0.1, 0.15) is 73.4 Å².